The second-order valence-corrected chi connectivity index (χ2v) is 4.87. The lowest BCUT2D eigenvalue weighted by molar-refractivity contribution is 0.101. The number of aryl methyl sites for hydroxylation is 1. The largest absolute Gasteiger partial charge is 0.309 e. The van der Waals surface area contributed by atoms with Gasteiger partial charge in [0.25, 0.3) is 5.56 Å². The number of carbonyl (C=O) groups is 1. The third kappa shape index (κ3) is 1.94. The van der Waals surface area contributed by atoms with E-state index in [0.29, 0.717) is 5.56 Å². The van der Waals surface area contributed by atoms with Gasteiger partial charge >= 0.3 is 0 Å². The lowest BCUT2D eigenvalue weighted by Crippen LogP contribution is -2.30. The molecule has 17 heavy (non-hydrogen) atoms. The quantitative estimate of drug-likeness (QED) is 0.752. The summed E-state index contributed by atoms with van der Waals surface area (Å²) in [5.41, 5.74) is 2.59. The summed E-state index contributed by atoms with van der Waals surface area (Å²) in [5, 5.41) is 0. The molecule has 1 unspecified atom stereocenters. The van der Waals surface area contributed by atoms with Gasteiger partial charge in [0, 0.05) is 11.7 Å². The lowest BCUT2D eigenvalue weighted by Gasteiger charge is -2.19. The highest BCUT2D eigenvalue weighted by Crippen LogP contribution is 2.24. The van der Waals surface area contributed by atoms with E-state index in [-0.39, 0.29) is 17.4 Å². The number of nitrogens with zero attached hydrogens (tertiary/aromatic N) is 1. The summed E-state index contributed by atoms with van der Waals surface area (Å²) < 4.78 is 1.85. The molecular formula is C14H19NO2. The van der Waals surface area contributed by atoms with E-state index in [9.17, 15) is 9.59 Å². The van der Waals surface area contributed by atoms with Gasteiger partial charge in [-0.05, 0) is 51.2 Å². The van der Waals surface area contributed by atoms with E-state index < -0.39 is 0 Å². The third-order valence-corrected chi connectivity index (χ3v) is 3.70. The van der Waals surface area contributed by atoms with Gasteiger partial charge in [-0.25, -0.2) is 0 Å². The third-order valence-electron chi connectivity index (χ3n) is 3.70. The molecular weight excluding hydrogens is 214 g/mol. The predicted molar refractivity (Wildman–Crippen MR) is 67.7 cm³/mol. The highest BCUT2D eigenvalue weighted by atomic mass is 16.1. The first-order valence-corrected chi connectivity index (χ1v) is 6.34. The van der Waals surface area contributed by atoms with Crippen molar-refractivity contribution in [2.24, 2.45) is 0 Å². The maximum atomic E-state index is 12.3. The number of rotatable bonds is 3. The molecule has 0 saturated heterocycles. The van der Waals surface area contributed by atoms with Crippen LogP contribution in [0, 0.1) is 0 Å². The zero-order valence-corrected chi connectivity index (χ0v) is 10.7. The van der Waals surface area contributed by atoms with Crippen LogP contribution < -0.4 is 5.56 Å². The number of pyridine rings is 1. The van der Waals surface area contributed by atoms with E-state index in [1.807, 2.05) is 17.6 Å². The van der Waals surface area contributed by atoms with Crippen LogP contribution in [0.5, 0.6) is 0 Å². The van der Waals surface area contributed by atoms with Gasteiger partial charge in [0.2, 0.25) is 0 Å². The van der Waals surface area contributed by atoms with Gasteiger partial charge in [0.15, 0.2) is 5.78 Å². The molecule has 3 nitrogen and oxygen atoms in total. The Kier molecular flexibility index (Phi) is 3.18. The Balaban J connectivity index is 2.71. The van der Waals surface area contributed by atoms with Crippen molar-refractivity contribution >= 4 is 5.78 Å². The summed E-state index contributed by atoms with van der Waals surface area (Å²) in [7, 11) is 0. The first-order chi connectivity index (χ1) is 8.06. The van der Waals surface area contributed by atoms with Crippen LogP contribution in [0.1, 0.15) is 61.3 Å². The van der Waals surface area contributed by atoms with Crippen LogP contribution >= 0.6 is 0 Å². The van der Waals surface area contributed by atoms with Gasteiger partial charge in [0.05, 0.1) is 5.56 Å². The number of fused-ring (bicyclic) bond motifs is 1. The van der Waals surface area contributed by atoms with Crippen LogP contribution in [0.4, 0.5) is 0 Å². The summed E-state index contributed by atoms with van der Waals surface area (Å²) in [4.78, 5) is 23.8. The Morgan fingerprint density at radius 3 is 2.76 bits per heavy atom. The maximum Gasteiger partial charge on any atom is 0.261 e. The van der Waals surface area contributed by atoms with Crippen molar-refractivity contribution < 1.29 is 4.79 Å². The fraction of sp³-hybridized carbons (Fsp3) is 0.571. The maximum absolute atomic E-state index is 12.3. The Bertz CT molecular complexity index is 514. The minimum atomic E-state index is -0.123. The molecule has 0 bridgehead atoms. The average Bonchev–Trinajstić information content (AvgIpc) is 2.74. The number of carbonyl (C=O) groups excluding carboxylic acids is 1. The van der Waals surface area contributed by atoms with Crippen molar-refractivity contribution in [3.8, 4) is 0 Å². The minimum Gasteiger partial charge on any atom is -0.309 e. The molecule has 1 heterocycles. The van der Waals surface area contributed by atoms with Crippen molar-refractivity contribution in [3.05, 3.63) is 33.2 Å². The normalized spacial score (nSPS) is 15.7. The number of ketones is 1. The molecule has 1 aromatic heterocycles. The molecule has 0 spiro atoms. The van der Waals surface area contributed by atoms with Crippen LogP contribution in [0.25, 0.3) is 0 Å². The van der Waals surface area contributed by atoms with Crippen LogP contribution in [0.3, 0.4) is 0 Å². The standard InChI is InChI=1S/C14H19NO2/c1-4-9(2)15-13-7-5-6-11(13)8-12(10(3)16)14(15)17/h8-9H,4-7H2,1-3H3. The van der Waals surface area contributed by atoms with Gasteiger partial charge in [-0.2, -0.15) is 0 Å². The highest BCUT2D eigenvalue weighted by Gasteiger charge is 2.22. The summed E-state index contributed by atoms with van der Waals surface area (Å²) >= 11 is 0. The smallest absolute Gasteiger partial charge is 0.261 e. The van der Waals surface area contributed by atoms with E-state index in [0.717, 1.165) is 31.4 Å². The summed E-state index contributed by atoms with van der Waals surface area (Å²) in [5.74, 6) is -0.123. The fourth-order valence-corrected chi connectivity index (χ4v) is 2.57. The molecule has 0 aromatic carbocycles. The van der Waals surface area contributed by atoms with Gasteiger partial charge < -0.3 is 4.57 Å². The monoisotopic (exact) mass is 233 g/mol. The molecule has 0 aliphatic heterocycles. The average molecular weight is 233 g/mol. The molecule has 92 valence electrons. The lowest BCUT2D eigenvalue weighted by atomic mass is 10.1. The van der Waals surface area contributed by atoms with Crippen LogP contribution in [0.2, 0.25) is 0 Å². The highest BCUT2D eigenvalue weighted by molar-refractivity contribution is 5.93. The van der Waals surface area contributed by atoms with E-state index in [1.54, 1.807) is 0 Å². The molecule has 1 aromatic rings. The molecule has 3 heteroatoms. The molecule has 1 atom stereocenters. The zero-order valence-electron chi connectivity index (χ0n) is 10.7. The van der Waals surface area contributed by atoms with Crippen molar-refractivity contribution in [2.75, 3.05) is 0 Å². The van der Waals surface area contributed by atoms with E-state index >= 15 is 0 Å². The predicted octanol–water partition coefficient (Wildman–Crippen LogP) is 2.51. The van der Waals surface area contributed by atoms with E-state index in [1.165, 1.54) is 12.5 Å². The molecule has 2 rings (SSSR count). The second kappa shape index (κ2) is 4.47. The summed E-state index contributed by atoms with van der Waals surface area (Å²) in [6.45, 7) is 5.59. The van der Waals surface area contributed by atoms with Crippen molar-refractivity contribution in [1.82, 2.24) is 4.57 Å². The summed E-state index contributed by atoms with van der Waals surface area (Å²) in [6, 6.07) is 1.99. The van der Waals surface area contributed by atoms with Gasteiger partial charge in [-0.15, -0.1) is 0 Å². The fourth-order valence-electron chi connectivity index (χ4n) is 2.57. The second-order valence-electron chi connectivity index (χ2n) is 4.87. The Hall–Kier alpha value is -1.38. The van der Waals surface area contributed by atoms with Gasteiger partial charge in [-0.3, -0.25) is 9.59 Å². The zero-order chi connectivity index (χ0) is 12.6. The molecule has 1 aliphatic carbocycles. The summed E-state index contributed by atoms with van der Waals surface area (Å²) in [6.07, 6.45) is 3.96. The molecule has 1 aliphatic rings. The number of hydrogen-bond donors (Lipinski definition) is 0. The van der Waals surface area contributed by atoms with Gasteiger partial charge in [-0.1, -0.05) is 6.92 Å². The van der Waals surface area contributed by atoms with Crippen LogP contribution in [-0.2, 0) is 12.8 Å². The molecule has 0 saturated carbocycles. The van der Waals surface area contributed by atoms with Crippen LogP contribution in [0.15, 0.2) is 10.9 Å². The number of aromatic nitrogens is 1. The van der Waals surface area contributed by atoms with Crippen molar-refractivity contribution in [2.45, 2.75) is 52.5 Å². The Labute approximate surface area is 101 Å². The SMILES string of the molecule is CCC(C)n1c2c(cc(C(C)=O)c1=O)CCC2. The van der Waals surface area contributed by atoms with E-state index in [2.05, 4.69) is 6.92 Å². The van der Waals surface area contributed by atoms with Crippen LogP contribution in [-0.4, -0.2) is 10.4 Å². The van der Waals surface area contributed by atoms with Crippen molar-refractivity contribution in [1.29, 1.82) is 0 Å². The molecule has 0 fully saturated rings. The topological polar surface area (TPSA) is 39.1 Å². The molecule has 0 amide bonds. The Morgan fingerprint density at radius 1 is 1.47 bits per heavy atom. The van der Waals surface area contributed by atoms with E-state index in [4.69, 9.17) is 0 Å². The molecule has 0 radical (unpaired) electrons. The Morgan fingerprint density at radius 2 is 2.18 bits per heavy atom. The number of Topliss-reactive ketones (excluding diaryl/α,β-unsaturated/α-hetero) is 1. The first kappa shape index (κ1) is 12.1. The molecule has 0 N–H and O–H groups in total. The first-order valence-electron chi connectivity index (χ1n) is 6.34. The minimum absolute atomic E-state index is 0.104. The number of hydrogen-bond acceptors (Lipinski definition) is 2. The van der Waals surface area contributed by atoms with Crippen molar-refractivity contribution in [3.63, 3.8) is 0 Å². The van der Waals surface area contributed by atoms with Gasteiger partial charge in [0.1, 0.15) is 0 Å².